The second kappa shape index (κ2) is 8.45. The first-order valence-corrected chi connectivity index (χ1v) is 8.28. The molecule has 1 unspecified atom stereocenters. The zero-order chi connectivity index (χ0) is 16.7. The number of nitrogens with one attached hydrogen (secondary N) is 2. The molecule has 0 aliphatic carbocycles. The number of hydrogen-bond donors (Lipinski definition) is 3. The molecule has 5 nitrogen and oxygen atoms in total. The number of amides is 2. The van der Waals surface area contributed by atoms with Gasteiger partial charge in [-0.1, -0.05) is 30.3 Å². The molecule has 0 aliphatic rings. The van der Waals surface area contributed by atoms with Crippen LogP contribution in [0.5, 0.6) is 0 Å². The molecule has 1 atom stereocenters. The highest BCUT2D eigenvalue weighted by atomic mass is 32.1. The Morgan fingerprint density at radius 1 is 1.17 bits per heavy atom. The Balaban J connectivity index is 1.69. The average Bonchev–Trinajstić information content (AvgIpc) is 3.07. The van der Waals surface area contributed by atoms with Crippen molar-refractivity contribution in [1.29, 1.82) is 0 Å². The molecule has 2 amide bonds. The van der Waals surface area contributed by atoms with Gasteiger partial charge >= 0.3 is 0 Å². The Morgan fingerprint density at radius 2 is 1.96 bits per heavy atom. The van der Waals surface area contributed by atoms with E-state index in [1.165, 1.54) is 11.3 Å². The molecule has 0 spiro atoms. The van der Waals surface area contributed by atoms with Gasteiger partial charge in [-0.15, -0.1) is 11.3 Å². The highest BCUT2D eigenvalue weighted by Gasteiger charge is 2.12. The lowest BCUT2D eigenvalue weighted by molar-refractivity contribution is -0.121. The van der Waals surface area contributed by atoms with Gasteiger partial charge in [0.2, 0.25) is 5.91 Å². The number of aryl methyl sites for hydroxylation is 1. The Hall–Kier alpha value is -2.18. The van der Waals surface area contributed by atoms with Crippen molar-refractivity contribution >= 4 is 23.2 Å². The molecule has 0 radical (unpaired) electrons. The van der Waals surface area contributed by atoms with Crippen LogP contribution in [0.4, 0.5) is 0 Å². The number of hydrogen-bond acceptors (Lipinski definition) is 4. The van der Waals surface area contributed by atoms with E-state index < -0.39 is 6.10 Å². The summed E-state index contributed by atoms with van der Waals surface area (Å²) in [6, 6.07) is 11.1. The van der Waals surface area contributed by atoms with Gasteiger partial charge in [-0.25, -0.2) is 0 Å². The molecule has 122 valence electrons. The predicted molar refractivity (Wildman–Crippen MR) is 90.4 cm³/mol. The Labute approximate surface area is 139 Å². The van der Waals surface area contributed by atoms with E-state index in [4.69, 9.17) is 0 Å². The maximum atomic E-state index is 11.8. The summed E-state index contributed by atoms with van der Waals surface area (Å²) in [5, 5.41) is 17.3. The van der Waals surface area contributed by atoms with Gasteiger partial charge in [0.1, 0.15) is 0 Å². The van der Waals surface area contributed by atoms with Crippen molar-refractivity contribution in [2.24, 2.45) is 0 Å². The average molecular weight is 332 g/mol. The fourth-order valence-corrected chi connectivity index (χ4v) is 2.79. The smallest absolute Gasteiger partial charge is 0.261 e. The number of carbonyl (C=O) groups excluding carboxylic acids is 2. The monoisotopic (exact) mass is 332 g/mol. The van der Waals surface area contributed by atoms with Crippen LogP contribution in [0.1, 0.15) is 33.3 Å². The summed E-state index contributed by atoms with van der Waals surface area (Å²) in [6.07, 6.45) is -0.557. The molecule has 0 fully saturated rings. The first-order valence-electron chi connectivity index (χ1n) is 7.40. The van der Waals surface area contributed by atoms with Gasteiger partial charge in [0.25, 0.3) is 5.91 Å². The highest BCUT2D eigenvalue weighted by molar-refractivity contribution is 7.12. The van der Waals surface area contributed by atoms with Gasteiger partial charge in [0.05, 0.1) is 11.0 Å². The van der Waals surface area contributed by atoms with Crippen LogP contribution in [-0.2, 0) is 4.79 Å². The molecule has 0 saturated heterocycles. The Bertz CT molecular complexity index is 656. The van der Waals surface area contributed by atoms with Crippen LogP contribution in [0, 0.1) is 6.92 Å². The van der Waals surface area contributed by atoms with E-state index in [9.17, 15) is 14.7 Å². The van der Waals surface area contributed by atoms with Crippen LogP contribution < -0.4 is 10.6 Å². The van der Waals surface area contributed by atoms with Crippen molar-refractivity contribution in [2.75, 3.05) is 13.1 Å². The molecule has 1 aromatic carbocycles. The topological polar surface area (TPSA) is 78.4 Å². The molecular weight excluding hydrogens is 312 g/mol. The minimum Gasteiger partial charge on any atom is -0.387 e. The zero-order valence-corrected chi connectivity index (χ0v) is 13.7. The van der Waals surface area contributed by atoms with Crippen LogP contribution in [-0.4, -0.2) is 30.0 Å². The second-order valence-electron chi connectivity index (χ2n) is 5.16. The first-order chi connectivity index (χ1) is 11.1. The lowest BCUT2D eigenvalue weighted by Crippen LogP contribution is -2.32. The molecule has 2 rings (SSSR count). The molecule has 1 aromatic heterocycles. The lowest BCUT2D eigenvalue weighted by Gasteiger charge is -2.14. The summed E-state index contributed by atoms with van der Waals surface area (Å²) in [4.78, 5) is 24.1. The van der Waals surface area contributed by atoms with Gasteiger partial charge in [-0.05, 0) is 29.5 Å². The van der Waals surface area contributed by atoms with Crippen LogP contribution in [0.2, 0.25) is 0 Å². The van der Waals surface area contributed by atoms with E-state index in [0.29, 0.717) is 4.88 Å². The summed E-state index contributed by atoms with van der Waals surface area (Å²) in [5.74, 6) is -0.378. The van der Waals surface area contributed by atoms with Crippen molar-refractivity contribution in [3.8, 4) is 0 Å². The summed E-state index contributed by atoms with van der Waals surface area (Å²) < 4.78 is 0. The quantitative estimate of drug-likeness (QED) is 0.726. The van der Waals surface area contributed by atoms with E-state index in [0.717, 1.165) is 11.1 Å². The lowest BCUT2D eigenvalue weighted by atomic mass is 10.0. The fraction of sp³-hybridized carbons (Fsp3) is 0.294. The minimum absolute atomic E-state index is 0.155. The molecule has 23 heavy (non-hydrogen) atoms. The largest absolute Gasteiger partial charge is 0.387 e. The van der Waals surface area contributed by atoms with Crippen LogP contribution in [0.15, 0.2) is 41.8 Å². The standard InChI is InChI=1S/C17H20N2O3S/c1-12-5-2-3-6-13(12)14(20)11-19-16(21)8-9-18-17(22)15-7-4-10-23-15/h2-7,10,14,20H,8-9,11H2,1H3,(H,18,22)(H,19,21). The summed E-state index contributed by atoms with van der Waals surface area (Å²) in [7, 11) is 0. The zero-order valence-electron chi connectivity index (χ0n) is 12.9. The number of carbonyl (C=O) groups is 2. The normalized spacial score (nSPS) is 11.7. The van der Waals surface area contributed by atoms with Crippen molar-refractivity contribution in [3.05, 3.63) is 57.8 Å². The molecule has 0 bridgehead atoms. The summed E-state index contributed by atoms with van der Waals surface area (Å²) >= 11 is 1.36. The van der Waals surface area contributed by atoms with Crippen molar-refractivity contribution in [3.63, 3.8) is 0 Å². The van der Waals surface area contributed by atoms with Crippen molar-refractivity contribution in [1.82, 2.24) is 10.6 Å². The maximum absolute atomic E-state index is 11.8. The van der Waals surface area contributed by atoms with Crippen molar-refractivity contribution in [2.45, 2.75) is 19.4 Å². The maximum Gasteiger partial charge on any atom is 0.261 e. The van der Waals surface area contributed by atoms with Gasteiger partial charge in [-0.2, -0.15) is 0 Å². The second-order valence-corrected chi connectivity index (χ2v) is 6.11. The highest BCUT2D eigenvalue weighted by Crippen LogP contribution is 2.16. The Kier molecular flexibility index (Phi) is 6.31. The number of aliphatic hydroxyl groups excluding tert-OH is 1. The number of thiophene rings is 1. The van der Waals surface area contributed by atoms with Crippen molar-refractivity contribution < 1.29 is 14.7 Å². The number of rotatable bonds is 7. The van der Waals surface area contributed by atoms with E-state index in [1.54, 1.807) is 12.1 Å². The molecule has 1 heterocycles. The van der Waals surface area contributed by atoms with E-state index in [2.05, 4.69) is 10.6 Å². The summed E-state index contributed by atoms with van der Waals surface area (Å²) in [6.45, 7) is 2.34. The van der Waals surface area contributed by atoms with Crippen LogP contribution >= 0.6 is 11.3 Å². The third kappa shape index (κ3) is 5.19. The molecule has 0 saturated carbocycles. The van der Waals surface area contributed by atoms with Gasteiger partial charge in [0, 0.05) is 19.5 Å². The molecular formula is C17H20N2O3S. The SMILES string of the molecule is Cc1ccccc1C(O)CNC(=O)CCNC(=O)c1cccs1. The number of benzene rings is 1. The van der Waals surface area contributed by atoms with Gasteiger partial charge in [-0.3, -0.25) is 9.59 Å². The van der Waals surface area contributed by atoms with Gasteiger partial charge < -0.3 is 15.7 Å². The van der Waals surface area contributed by atoms with Gasteiger partial charge in [0.15, 0.2) is 0 Å². The molecule has 0 aliphatic heterocycles. The first kappa shape index (κ1) is 17.2. The molecule has 2 aromatic rings. The third-order valence-electron chi connectivity index (χ3n) is 3.42. The molecule has 3 N–H and O–H groups in total. The van der Waals surface area contributed by atoms with E-state index >= 15 is 0 Å². The Morgan fingerprint density at radius 3 is 2.65 bits per heavy atom. The fourth-order valence-electron chi connectivity index (χ4n) is 2.15. The van der Waals surface area contributed by atoms with E-state index in [1.807, 2.05) is 36.6 Å². The molecule has 6 heteroatoms. The van der Waals surface area contributed by atoms with E-state index in [-0.39, 0.29) is 31.3 Å². The van der Waals surface area contributed by atoms with Crippen LogP contribution in [0.3, 0.4) is 0 Å². The summed E-state index contributed by atoms with van der Waals surface area (Å²) in [5.41, 5.74) is 1.79. The third-order valence-corrected chi connectivity index (χ3v) is 4.29. The van der Waals surface area contributed by atoms with Crippen LogP contribution in [0.25, 0.3) is 0 Å². The predicted octanol–water partition coefficient (Wildman–Crippen LogP) is 2.03. The number of aliphatic hydroxyl groups is 1. The minimum atomic E-state index is -0.735.